The number of esters is 1. The van der Waals surface area contributed by atoms with Crippen molar-refractivity contribution in [3.63, 3.8) is 0 Å². The highest BCUT2D eigenvalue weighted by atomic mass is 28.4. The molecule has 0 radical (unpaired) electrons. The van der Waals surface area contributed by atoms with Gasteiger partial charge in [0.05, 0.1) is 18.8 Å². The summed E-state index contributed by atoms with van der Waals surface area (Å²) in [5.41, 5.74) is 2.36. The number of carbonyl (C=O) groups excluding carboxylic acids is 1. The van der Waals surface area contributed by atoms with E-state index in [9.17, 15) is 4.79 Å². The lowest BCUT2D eigenvalue weighted by molar-refractivity contribution is -0.147. The SMILES string of the molecule is CCOC(=O)[C@H](CO[Si](C)(C)C)NC(c1ccccc1)(c1ccccc1)c1ccccc1. The van der Waals surface area contributed by atoms with Crippen molar-refractivity contribution in [1.82, 2.24) is 5.32 Å². The Bertz CT molecular complexity index is 875. The molecule has 0 saturated heterocycles. The molecule has 168 valence electrons. The average Bonchev–Trinajstić information content (AvgIpc) is 2.81. The van der Waals surface area contributed by atoms with Gasteiger partial charge in [0.25, 0.3) is 0 Å². The van der Waals surface area contributed by atoms with Gasteiger partial charge in [-0.2, -0.15) is 0 Å². The third-order valence-corrected chi connectivity index (χ3v) is 6.30. The Kier molecular flexibility index (Phi) is 8.02. The molecule has 0 saturated carbocycles. The van der Waals surface area contributed by atoms with Gasteiger partial charge in [0.15, 0.2) is 8.32 Å². The molecule has 0 spiro atoms. The summed E-state index contributed by atoms with van der Waals surface area (Å²) in [5.74, 6) is -0.307. The Morgan fingerprint density at radius 2 is 1.22 bits per heavy atom. The second-order valence-electron chi connectivity index (χ2n) is 8.72. The molecule has 32 heavy (non-hydrogen) atoms. The molecule has 3 rings (SSSR count). The number of benzene rings is 3. The number of hydrogen-bond acceptors (Lipinski definition) is 4. The molecule has 0 aliphatic rings. The molecular formula is C27H33NO3Si. The summed E-state index contributed by atoms with van der Waals surface area (Å²) in [4.78, 5) is 13.1. The molecule has 0 unspecified atom stereocenters. The molecule has 0 amide bonds. The first-order valence-electron chi connectivity index (χ1n) is 11.1. The van der Waals surface area contributed by atoms with Gasteiger partial charge in [-0.15, -0.1) is 0 Å². The van der Waals surface area contributed by atoms with Gasteiger partial charge in [-0.3, -0.25) is 10.1 Å². The monoisotopic (exact) mass is 447 g/mol. The molecule has 0 bridgehead atoms. The summed E-state index contributed by atoms with van der Waals surface area (Å²) in [7, 11) is -1.85. The minimum atomic E-state index is -1.85. The Morgan fingerprint density at radius 3 is 1.56 bits per heavy atom. The zero-order valence-corrected chi connectivity index (χ0v) is 20.4. The van der Waals surface area contributed by atoms with Crippen molar-refractivity contribution in [2.45, 2.75) is 38.1 Å². The Labute approximate surface area is 192 Å². The third-order valence-electron chi connectivity index (χ3n) is 5.27. The maximum absolute atomic E-state index is 13.1. The van der Waals surface area contributed by atoms with Gasteiger partial charge in [0.1, 0.15) is 6.04 Å². The van der Waals surface area contributed by atoms with Gasteiger partial charge >= 0.3 is 5.97 Å². The lowest BCUT2D eigenvalue weighted by Crippen LogP contribution is -2.55. The molecular weight excluding hydrogens is 414 g/mol. The van der Waals surface area contributed by atoms with E-state index >= 15 is 0 Å². The average molecular weight is 448 g/mol. The first kappa shape index (κ1) is 23.9. The Balaban J connectivity index is 2.19. The minimum absolute atomic E-state index is 0.253. The molecule has 1 atom stereocenters. The van der Waals surface area contributed by atoms with E-state index in [2.05, 4.69) is 61.4 Å². The van der Waals surface area contributed by atoms with Crippen LogP contribution in [0.15, 0.2) is 91.0 Å². The van der Waals surface area contributed by atoms with Crippen LogP contribution in [0.2, 0.25) is 19.6 Å². The van der Waals surface area contributed by atoms with E-state index in [1.165, 1.54) is 0 Å². The van der Waals surface area contributed by atoms with Crippen LogP contribution in [0.4, 0.5) is 0 Å². The molecule has 0 aromatic heterocycles. The molecule has 3 aromatic rings. The molecule has 0 heterocycles. The standard InChI is InChI=1S/C27H33NO3Si/c1-5-30-26(29)25(21-31-32(2,3)4)28-27(22-15-9-6-10-16-22,23-17-11-7-12-18-23)24-19-13-8-14-20-24/h6-20,25,28H,5,21H2,1-4H3/t25-/m0/s1. The highest BCUT2D eigenvalue weighted by Crippen LogP contribution is 2.37. The van der Waals surface area contributed by atoms with Gasteiger partial charge in [-0.05, 0) is 43.3 Å². The van der Waals surface area contributed by atoms with Crippen molar-refractivity contribution in [1.29, 1.82) is 0 Å². The maximum Gasteiger partial charge on any atom is 0.325 e. The third kappa shape index (κ3) is 5.74. The molecule has 4 nitrogen and oxygen atoms in total. The Hall–Kier alpha value is -2.73. The first-order chi connectivity index (χ1) is 15.4. The lowest BCUT2D eigenvalue weighted by atomic mass is 9.76. The number of carbonyl (C=O) groups is 1. The first-order valence-corrected chi connectivity index (χ1v) is 14.5. The zero-order valence-electron chi connectivity index (χ0n) is 19.4. The summed E-state index contributed by atoms with van der Waals surface area (Å²) in [6, 6.07) is 30.1. The van der Waals surface area contributed by atoms with Gasteiger partial charge in [0, 0.05) is 0 Å². The van der Waals surface area contributed by atoms with E-state index in [0.717, 1.165) is 16.7 Å². The smallest absolute Gasteiger partial charge is 0.325 e. The molecule has 1 N–H and O–H groups in total. The topological polar surface area (TPSA) is 47.6 Å². The van der Waals surface area contributed by atoms with Crippen LogP contribution in [0.25, 0.3) is 0 Å². The number of rotatable bonds is 10. The predicted molar refractivity (Wildman–Crippen MR) is 132 cm³/mol. The van der Waals surface area contributed by atoms with Crippen LogP contribution in [-0.2, 0) is 19.5 Å². The summed E-state index contributed by atoms with van der Waals surface area (Å²) < 4.78 is 11.6. The highest BCUT2D eigenvalue weighted by molar-refractivity contribution is 6.69. The van der Waals surface area contributed by atoms with Crippen molar-refractivity contribution in [2.75, 3.05) is 13.2 Å². The van der Waals surface area contributed by atoms with E-state index in [1.807, 2.05) is 61.5 Å². The molecule has 0 aliphatic heterocycles. The van der Waals surface area contributed by atoms with Crippen LogP contribution in [0.5, 0.6) is 0 Å². The maximum atomic E-state index is 13.1. The summed E-state index contributed by atoms with van der Waals surface area (Å²) in [6.07, 6.45) is 0. The van der Waals surface area contributed by atoms with Crippen LogP contribution in [0.3, 0.4) is 0 Å². The van der Waals surface area contributed by atoms with Gasteiger partial charge < -0.3 is 9.16 Å². The minimum Gasteiger partial charge on any atom is -0.465 e. The summed E-state index contributed by atoms with van der Waals surface area (Å²) in [6.45, 7) is 8.76. The van der Waals surface area contributed by atoms with Crippen molar-refractivity contribution >= 4 is 14.3 Å². The largest absolute Gasteiger partial charge is 0.465 e. The van der Waals surface area contributed by atoms with E-state index < -0.39 is 19.9 Å². The van der Waals surface area contributed by atoms with Crippen molar-refractivity contribution in [3.8, 4) is 0 Å². The quantitative estimate of drug-likeness (QED) is 0.258. The van der Waals surface area contributed by atoms with Crippen molar-refractivity contribution in [3.05, 3.63) is 108 Å². The summed E-state index contributed by atoms with van der Waals surface area (Å²) in [5, 5.41) is 3.70. The molecule has 5 heteroatoms. The second kappa shape index (κ2) is 10.7. The van der Waals surface area contributed by atoms with Crippen molar-refractivity contribution in [2.24, 2.45) is 0 Å². The van der Waals surface area contributed by atoms with E-state index in [4.69, 9.17) is 9.16 Å². The Morgan fingerprint density at radius 1 is 0.812 bits per heavy atom. The second-order valence-corrected chi connectivity index (χ2v) is 13.2. The fourth-order valence-corrected chi connectivity index (χ4v) is 4.49. The molecule has 0 aliphatic carbocycles. The van der Waals surface area contributed by atoms with Crippen LogP contribution in [-0.4, -0.2) is 33.5 Å². The molecule has 3 aromatic carbocycles. The van der Waals surface area contributed by atoms with Crippen LogP contribution in [0.1, 0.15) is 23.6 Å². The van der Waals surface area contributed by atoms with Gasteiger partial charge in [-0.1, -0.05) is 91.0 Å². The highest BCUT2D eigenvalue weighted by Gasteiger charge is 2.40. The van der Waals surface area contributed by atoms with Gasteiger partial charge in [0.2, 0.25) is 0 Å². The summed E-state index contributed by atoms with van der Waals surface area (Å²) >= 11 is 0. The van der Waals surface area contributed by atoms with Crippen LogP contribution >= 0.6 is 0 Å². The lowest BCUT2D eigenvalue weighted by Gasteiger charge is -2.40. The van der Waals surface area contributed by atoms with E-state index in [1.54, 1.807) is 0 Å². The fourth-order valence-electron chi connectivity index (χ4n) is 3.82. The van der Waals surface area contributed by atoms with Crippen molar-refractivity contribution < 1.29 is 14.0 Å². The predicted octanol–water partition coefficient (Wildman–Crippen LogP) is 5.35. The normalized spacial score (nSPS) is 12.9. The van der Waals surface area contributed by atoms with E-state index in [-0.39, 0.29) is 12.6 Å². The molecule has 0 fully saturated rings. The number of nitrogens with one attached hydrogen (secondary N) is 1. The number of hydrogen-bond donors (Lipinski definition) is 1. The number of ether oxygens (including phenoxy) is 1. The zero-order chi connectivity index (χ0) is 23.0. The van der Waals surface area contributed by atoms with Crippen LogP contribution in [0, 0.1) is 0 Å². The van der Waals surface area contributed by atoms with Crippen LogP contribution < -0.4 is 5.32 Å². The fraction of sp³-hybridized carbons (Fsp3) is 0.296. The van der Waals surface area contributed by atoms with E-state index in [0.29, 0.717) is 6.61 Å². The van der Waals surface area contributed by atoms with Gasteiger partial charge in [-0.25, -0.2) is 0 Å².